The van der Waals surface area contributed by atoms with Gasteiger partial charge in [-0.05, 0) is 40.8 Å². The Morgan fingerprint density at radius 2 is 1.48 bits per heavy atom. The Balaban J connectivity index is 1.36. The highest BCUT2D eigenvalue weighted by Crippen LogP contribution is 2.23. The lowest BCUT2D eigenvalue weighted by Gasteiger charge is -2.18. The van der Waals surface area contributed by atoms with Gasteiger partial charge >= 0.3 is 12.0 Å². The van der Waals surface area contributed by atoms with Crippen LogP contribution in [0.2, 0.25) is 0 Å². The lowest BCUT2D eigenvalue weighted by molar-refractivity contribution is -0.138. The number of carbonyl (C=O) groups excluding carboxylic acids is 3. The van der Waals surface area contributed by atoms with E-state index in [2.05, 4.69) is 21.3 Å². The molecule has 210 valence electrons. The number of carboxylic acid groups (broad SMARTS) is 1. The van der Waals surface area contributed by atoms with Crippen molar-refractivity contribution in [1.82, 2.24) is 21.3 Å². The van der Waals surface area contributed by atoms with Gasteiger partial charge in [0.05, 0.1) is 26.1 Å². The molecule has 5 N–H and O–H groups in total. The summed E-state index contributed by atoms with van der Waals surface area (Å²) < 4.78 is 5.10. The summed E-state index contributed by atoms with van der Waals surface area (Å²) >= 11 is 0. The number of hydrogen-bond acceptors (Lipinski definition) is 5. The first-order valence-corrected chi connectivity index (χ1v) is 12.9. The maximum Gasteiger partial charge on any atom is 0.315 e. The lowest BCUT2D eigenvalue weighted by atomic mass is 9.99. The van der Waals surface area contributed by atoms with E-state index in [0.29, 0.717) is 18.5 Å². The zero-order valence-electron chi connectivity index (χ0n) is 22.3. The van der Waals surface area contributed by atoms with Gasteiger partial charge in [0.2, 0.25) is 11.8 Å². The number of rotatable bonds is 14. The van der Waals surface area contributed by atoms with E-state index in [1.165, 1.54) is 0 Å². The van der Waals surface area contributed by atoms with Gasteiger partial charge in [-0.1, -0.05) is 66.7 Å². The lowest BCUT2D eigenvalue weighted by Crippen LogP contribution is -2.39. The third-order valence-electron chi connectivity index (χ3n) is 6.06. The van der Waals surface area contributed by atoms with Gasteiger partial charge in [0.1, 0.15) is 5.75 Å². The van der Waals surface area contributed by atoms with Gasteiger partial charge in [-0.25, -0.2) is 4.79 Å². The second-order valence-corrected chi connectivity index (χ2v) is 9.04. The van der Waals surface area contributed by atoms with Crippen LogP contribution in [0.5, 0.6) is 5.75 Å². The zero-order chi connectivity index (χ0) is 28.7. The number of ether oxygens (including phenoxy) is 1. The number of aliphatic carboxylic acids is 1. The first-order chi connectivity index (χ1) is 19.3. The van der Waals surface area contributed by atoms with Crippen LogP contribution in [-0.2, 0) is 20.9 Å². The second kappa shape index (κ2) is 15.5. The van der Waals surface area contributed by atoms with Crippen LogP contribution in [-0.4, -0.2) is 49.1 Å². The SMILES string of the molecule is COc1ccc(CNC(=O)NCCCC(=O)NCC(=O)NC(CC(=O)O)c2ccc(-c3ccccc3)cc2)cc1. The molecule has 0 spiro atoms. The largest absolute Gasteiger partial charge is 0.497 e. The Kier molecular flexibility index (Phi) is 11.5. The molecule has 0 aromatic heterocycles. The number of methoxy groups -OCH3 is 1. The van der Waals surface area contributed by atoms with Gasteiger partial charge < -0.3 is 31.1 Å². The summed E-state index contributed by atoms with van der Waals surface area (Å²) in [4.78, 5) is 47.9. The van der Waals surface area contributed by atoms with E-state index in [1.54, 1.807) is 19.2 Å². The van der Waals surface area contributed by atoms with Crippen LogP contribution in [0.4, 0.5) is 4.79 Å². The molecule has 1 atom stereocenters. The summed E-state index contributed by atoms with van der Waals surface area (Å²) in [6.07, 6.45) is 0.209. The minimum atomic E-state index is -1.05. The maximum absolute atomic E-state index is 12.5. The number of carbonyl (C=O) groups is 4. The minimum Gasteiger partial charge on any atom is -0.497 e. The number of hydrogen-bond donors (Lipinski definition) is 5. The van der Waals surface area contributed by atoms with Crippen molar-refractivity contribution in [3.8, 4) is 16.9 Å². The van der Waals surface area contributed by atoms with Crippen LogP contribution in [0.3, 0.4) is 0 Å². The summed E-state index contributed by atoms with van der Waals surface area (Å²) in [6, 6.07) is 23.3. The van der Waals surface area contributed by atoms with Crippen LogP contribution in [0, 0.1) is 0 Å². The normalized spacial score (nSPS) is 11.1. The Morgan fingerprint density at radius 1 is 0.800 bits per heavy atom. The molecule has 10 heteroatoms. The summed E-state index contributed by atoms with van der Waals surface area (Å²) in [5, 5.41) is 20.0. The number of amides is 4. The van der Waals surface area contributed by atoms with Crippen LogP contribution in [0.15, 0.2) is 78.9 Å². The van der Waals surface area contributed by atoms with E-state index < -0.39 is 17.9 Å². The van der Waals surface area contributed by atoms with Crippen LogP contribution >= 0.6 is 0 Å². The van der Waals surface area contributed by atoms with E-state index in [9.17, 15) is 24.3 Å². The summed E-state index contributed by atoms with van der Waals surface area (Å²) in [6.45, 7) is 0.353. The molecule has 0 heterocycles. The molecular formula is C30H34N4O6. The second-order valence-electron chi connectivity index (χ2n) is 9.04. The van der Waals surface area contributed by atoms with Gasteiger partial charge in [0.25, 0.3) is 0 Å². The molecule has 10 nitrogen and oxygen atoms in total. The van der Waals surface area contributed by atoms with Gasteiger partial charge in [-0.3, -0.25) is 14.4 Å². The number of nitrogens with one attached hydrogen (secondary N) is 4. The molecule has 1 unspecified atom stereocenters. The van der Waals surface area contributed by atoms with Crippen molar-refractivity contribution in [3.63, 3.8) is 0 Å². The van der Waals surface area contributed by atoms with E-state index in [4.69, 9.17) is 4.74 Å². The molecule has 0 aliphatic carbocycles. The van der Waals surface area contributed by atoms with Crippen molar-refractivity contribution < 1.29 is 29.0 Å². The summed E-state index contributed by atoms with van der Waals surface area (Å²) in [5.74, 6) is -1.17. The van der Waals surface area contributed by atoms with E-state index >= 15 is 0 Å². The highest BCUT2D eigenvalue weighted by Gasteiger charge is 2.18. The Bertz CT molecular complexity index is 1260. The van der Waals surface area contributed by atoms with Crippen molar-refractivity contribution in [2.45, 2.75) is 31.8 Å². The van der Waals surface area contributed by atoms with E-state index in [-0.39, 0.29) is 37.9 Å². The fourth-order valence-corrected chi connectivity index (χ4v) is 3.92. The third-order valence-corrected chi connectivity index (χ3v) is 6.06. The quantitative estimate of drug-likeness (QED) is 0.196. The molecule has 40 heavy (non-hydrogen) atoms. The molecule has 0 bridgehead atoms. The Hall–Kier alpha value is -4.86. The molecule has 3 aromatic carbocycles. The van der Waals surface area contributed by atoms with Crippen molar-refractivity contribution in [2.75, 3.05) is 20.2 Å². The van der Waals surface area contributed by atoms with Gasteiger partial charge in [0, 0.05) is 19.5 Å². The first-order valence-electron chi connectivity index (χ1n) is 12.9. The van der Waals surface area contributed by atoms with Crippen molar-refractivity contribution in [3.05, 3.63) is 90.0 Å². The predicted octanol–water partition coefficient (Wildman–Crippen LogP) is 3.39. The molecular weight excluding hydrogens is 512 g/mol. The fourth-order valence-electron chi connectivity index (χ4n) is 3.92. The van der Waals surface area contributed by atoms with Crippen molar-refractivity contribution in [2.24, 2.45) is 0 Å². The van der Waals surface area contributed by atoms with Crippen LogP contribution in [0.25, 0.3) is 11.1 Å². The molecule has 0 aliphatic heterocycles. The topological polar surface area (TPSA) is 146 Å². The first kappa shape index (κ1) is 29.7. The fraction of sp³-hybridized carbons (Fsp3) is 0.267. The van der Waals surface area contributed by atoms with Crippen LogP contribution in [0.1, 0.15) is 36.4 Å². The Labute approximate surface area is 233 Å². The molecule has 4 amide bonds. The average molecular weight is 547 g/mol. The molecule has 3 rings (SSSR count). The van der Waals surface area contributed by atoms with E-state index in [0.717, 1.165) is 22.4 Å². The molecule has 0 fully saturated rings. The number of benzene rings is 3. The average Bonchev–Trinajstić information content (AvgIpc) is 2.97. The summed E-state index contributed by atoms with van der Waals surface area (Å²) in [7, 11) is 1.58. The third kappa shape index (κ3) is 10.1. The number of urea groups is 1. The molecule has 0 radical (unpaired) electrons. The minimum absolute atomic E-state index is 0.117. The standard InChI is InChI=1S/C30H34N4O6/c1-40-25-15-9-21(10-16-25)19-33-30(39)31-17-5-8-27(35)32-20-28(36)34-26(18-29(37)38)24-13-11-23(12-14-24)22-6-3-2-4-7-22/h2-4,6-7,9-16,26H,5,8,17-20H2,1H3,(H,32,35)(H,34,36)(H,37,38)(H2,31,33,39). The predicted molar refractivity (Wildman–Crippen MR) is 150 cm³/mol. The van der Waals surface area contributed by atoms with Gasteiger partial charge in [0.15, 0.2) is 0 Å². The van der Waals surface area contributed by atoms with Crippen molar-refractivity contribution >= 4 is 23.8 Å². The maximum atomic E-state index is 12.5. The molecule has 0 saturated heterocycles. The highest BCUT2D eigenvalue weighted by atomic mass is 16.5. The molecule has 0 aliphatic rings. The molecule has 0 saturated carbocycles. The highest BCUT2D eigenvalue weighted by molar-refractivity contribution is 5.85. The van der Waals surface area contributed by atoms with Gasteiger partial charge in [-0.2, -0.15) is 0 Å². The monoisotopic (exact) mass is 546 g/mol. The van der Waals surface area contributed by atoms with Crippen LogP contribution < -0.4 is 26.0 Å². The molecule has 3 aromatic rings. The van der Waals surface area contributed by atoms with Crippen molar-refractivity contribution in [1.29, 1.82) is 0 Å². The summed E-state index contributed by atoms with van der Waals surface area (Å²) in [5.41, 5.74) is 3.57. The smallest absolute Gasteiger partial charge is 0.315 e. The Morgan fingerprint density at radius 3 is 2.12 bits per heavy atom. The zero-order valence-corrected chi connectivity index (χ0v) is 22.3. The van der Waals surface area contributed by atoms with E-state index in [1.807, 2.05) is 66.7 Å². The number of carboxylic acids is 1. The van der Waals surface area contributed by atoms with Gasteiger partial charge in [-0.15, -0.1) is 0 Å².